The molecule has 0 heterocycles. The molecule has 0 radical (unpaired) electrons. The first-order valence-electron chi connectivity index (χ1n) is 2.14. The highest BCUT2D eigenvalue weighted by atomic mass is 79.9. The lowest BCUT2D eigenvalue weighted by Crippen LogP contribution is -2.36. The third-order valence-electron chi connectivity index (χ3n) is 0.752. The van der Waals surface area contributed by atoms with Crippen LogP contribution in [0.3, 0.4) is 0 Å². The molecule has 0 N–H and O–H groups in total. The average Bonchev–Trinajstić information content (AvgIpc) is 1.83. The molecular formula is C4HBrF6. The van der Waals surface area contributed by atoms with Crippen molar-refractivity contribution in [2.45, 2.75) is 12.1 Å². The Bertz CT molecular complexity index is 168. The lowest BCUT2D eigenvalue weighted by Gasteiger charge is -2.16. The van der Waals surface area contributed by atoms with Crippen molar-refractivity contribution in [3.8, 4) is 0 Å². The Labute approximate surface area is 66.0 Å². The molecule has 0 aliphatic heterocycles. The number of allylic oxidation sites excluding steroid dienone is 1. The van der Waals surface area contributed by atoms with Crippen molar-refractivity contribution >= 4 is 15.9 Å². The van der Waals surface area contributed by atoms with Crippen LogP contribution in [0.2, 0.25) is 0 Å². The van der Waals surface area contributed by atoms with Gasteiger partial charge in [0.15, 0.2) is 5.83 Å². The molecule has 0 unspecified atom stereocenters. The third kappa shape index (κ3) is 2.11. The molecule has 0 saturated heterocycles. The monoisotopic (exact) mass is 242 g/mol. The van der Waals surface area contributed by atoms with E-state index in [-0.39, 0.29) is 4.99 Å². The minimum Gasteiger partial charge on any atom is -0.204 e. The summed E-state index contributed by atoms with van der Waals surface area (Å²) in [5, 5.41) is 0. The van der Waals surface area contributed by atoms with Crippen LogP contribution in [0.4, 0.5) is 26.3 Å². The topological polar surface area (TPSA) is 0 Å². The van der Waals surface area contributed by atoms with Gasteiger partial charge >= 0.3 is 12.1 Å². The molecule has 66 valence electrons. The van der Waals surface area contributed by atoms with Crippen LogP contribution in [0.15, 0.2) is 10.8 Å². The molecule has 11 heavy (non-hydrogen) atoms. The molecule has 0 atom stereocenters. The van der Waals surface area contributed by atoms with Crippen molar-refractivity contribution in [2.24, 2.45) is 0 Å². The largest absolute Gasteiger partial charge is 0.460 e. The number of hydrogen-bond donors (Lipinski definition) is 0. The molecule has 0 amide bonds. The van der Waals surface area contributed by atoms with Gasteiger partial charge < -0.3 is 0 Å². The Morgan fingerprint density at radius 3 is 1.55 bits per heavy atom. The summed E-state index contributed by atoms with van der Waals surface area (Å²) >= 11 is 2.03. The average molecular weight is 243 g/mol. The van der Waals surface area contributed by atoms with E-state index in [2.05, 4.69) is 0 Å². The second-order valence-corrected chi connectivity index (χ2v) is 1.99. The van der Waals surface area contributed by atoms with E-state index in [4.69, 9.17) is 0 Å². The lowest BCUT2D eigenvalue weighted by molar-refractivity contribution is -0.270. The maximum atomic E-state index is 11.8. The lowest BCUT2D eigenvalue weighted by atomic mass is 10.3. The van der Waals surface area contributed by atoms with E-state index in [0.717, 1.165) is 0 Å². The van der Waals surface area contributed by atoms with Gasteiger partial charge in [-0.1, -0.05) is 15.9 Å². The van der Waals surface area contributed by atoms with Gasteiger partial charge in [0, 0.05) is 4.99 Å². The van der Waals surface area contributed by atoms with E-state index in [0.29, 0.717) is 0 Å². The molecular weight excluding hydrogens is 242 g/mol. The van der Waals surface area contributed by atoms with Crippen LogP contribution in [0.25, 0.3) is 0 Å². The van der Waals surface area contributed by atoms with Crippen LogP contribution >= 0.6 is 15.9 Å². The van der Waals surface area contributed by atoms with Gasteiger partial charge in [0.1, 0.15) is 0 Å². The molecule has 0 spiro atoms. The smallest absolute Gasteiger partial charge is 0.204 e. The fourth-order valence-electron chi connectivity index (χ4n) is 0.204. The summed E-state index contributed by atoms with van der Waals surface area (Å²) in [5.74, 6) is -7.97. The first-order valence-corrected chi connectivity index (χ1v) is 3.06. The van der Waals surface area contributed by atoms with Crippen LogP contribution in [0, 0.1) is 0 Å². The molecule has 0 aromatic carbocycles. The number of halogens is 7. The molecule has 0 rings (SSSR count). The van der Waals surface area contributed by atoms with Crippen LogP contribution in [0.5, 0.6) is 0 Å². The Kier molecular flexibility index (Phi) is 2.98. The maximum Gasteiger partial charge on any atom is 0.460 e. The second kappa shape index (κ2) is 3.04. The van der Waals surface area contributed by atoms with Gasteiger partial charge in [-0.15, -0.1) is 0 Å². The molecule has 0 aromatic heterocycles. The van der Waals surface area contributed by atoms with Gasteiger partial charge in [-0.25, -0.2) is 4.39 Å². The van der Waals surface area contributed by atoms with E-state index in [1.807, 2.05) is 15.9 Å². The Morgan fingerprint density at radius 1 is 1.09 bits per heavy atom. The third-order valence-corrected chi connectivity index (χ3v) is 1.15. The minimum absolute atomic E-state index is 0.111. The molecule has 7 heteroatoms. The quantitative estimate of drug-likeness (QED) is 0.619. The van der Waals surface area contributed by atoms with Gasteiger partial charge in [-0.2, -0.15) is 22.0 Å². The Hall–Kier alpha value is -0.200. The Balaban J connectivity index is 4.74. The minimum atomic E-state index is -5.89. The van der Waals surface area contributed by atoms with Crippen LogP contribution in [-0.2, 0) is 0 Å². The summed E-state index contributed by atoms with van der Waals surface area (Å²) in [5.41, 5.74) is 0. The van der Waals surface area contributed by atoms with Crippen molar-refractivity contribution < 1.29 is 26.3 Å². The highest BCUT2D eigenvalue weighted by Crippen LogP contribution is 2.41. The van der Waals surface area contributed by atoms with Crippen LogP contribution in [0.1, 0.15) is 0 Å². The summed E-state index contributed by atoms with van der Waals surface area (Å²) in [7, 11) is 0. The molecule has 0 aromatic rings. The number of alkyl halides is 5. The van der Waals surface area contributed by atoms with E-state index >= 15 is 0 Å². The standard InChI is InChI=1S/C4HBrF6/c5-1-2(6)3(7,8)4(9,10)11/h1H. The van der Waals surface area contributed by atoms with Crippen LogP contribution < -0.4 is 0 Å². The zero-order valence-electron chi connectivity index (χ0n) is 4.72. The summed E-state index contributed by atoms with van der Waals surface area (Å²) in [6.45, 7) is 0. The Morgan fingerprint density at radius 2 is 1.45 bits per heavy atom. The SMILES string of the molecule is FC(=CBr)C(F)(F)C(F)(F)F. The van der Waals surface area contributed by atoms with Crippen molar-refractivity contribution in [2.75, 3.05) is 0 Å². The van der Waals surface area contributed by atoms with Crippen molar-refractivity contribution in [3.63, 3.8) is 0 Å². The summed E-state index contributed by atoms with van der Waals surface area (Å²) in [6.07, 6.45) is -5.89. The van der Waals surface area contributed by atoms with Gasteiger partial charge in [0.05, 0.1) is 0 Å². The second-order valence-electron chi connectivity index (χ2n) is 1.53. The number of hydrogen-bond acceptors (Lipinski definition) is 0. The van der Waals surface area contributed by atoms with E-state index in [1.165, 1.54) is 0 Å². The highest BCUT2D eigenvalue weighted by Gasteiger charge is 2.61. The molecule has 0 bridgehead atoms. The van der Waals surface area contributed by atoms with Gasteiger partial charge in [-0.05, 0) is 0 Å². The van der Waals surface area contributed by atoms with E-state index in [1.54, 1.807) is 0 Å². The summed E-state index contributed by atoms with van der Waals surface area (Å²) in [4.78, 5) is -0.111. The van der Waals surface area contributed by atoms with Gasteiger partial charge in [0.25, 0.3) is 0 Å². The van der Waals surface area contributed by atoms with Crippen molar-refractivity contribution in [1.82, 2.24) is 0 Å². The number of rotatable bonds is 1. The first kappa shape index (κ1) is 10.8. The zero-order chi connectivity index (χ0) is 9.28. The normalized spacial score (nSPS) is 15.4. The summed E-state index contributed by atoms with van der Waals surface area (Å²) in [6, 6.07) is 0. The fourth-order valence-corrected chi connectivity index (χ4v) is 0.491. The predicted molar refractivity (Wildman–Crippen MR) is 29.1 cm³/mol. The predicted octanol–water partition coefficient (Wildman–Crippen LogP) is 3.39. The molecule has 0 nitrogen and oxygen atoms in total. The van der Waals surface area contributed by atoms with Crippen molar-refractivity contribution in [3.05, 3.63) is 10.8 Å². The van der Waals surface area contributed by atoms with E-state index in [9.17, 15) is 26.3 Å². The van der Waals surface area contributed by atoms with Gasteiger partial charge in [-0.3, -0.25) is 0 Å². The van der Waals surface area contributed by atoms with Crippen molar-refractivity contribution in [1.29, 1.82) is 0 Å². The summed E-state index contributed by atoms with van der Waals surface area (Å²) < 4.78 is 68.9. The first-order chi connectivity index (χ1) is 4.73. The molecule has 0 aliphatic carbocycles. The molecule has 0 saturated carbocycles. The molecule has 0 fully saturated rings. The van der Waals surface area contributed by atoms with Crippen LogP contribution in [-0.4, -0.2) is 12.1 Å². The highest BCUT2D eigenvalue weighted by molar-refractivity contribution is 9.11. The fraction of sp³-hybridized carbons (Fsp3) is 0.500. The van der Waals surface area contributed by atoms with Gasteiger partial charge in [0.2, 0.25) is 0 Å². The maximum absolute atomic E-state index is 11.8. The molecule has 0 aliphatic rings. The zero-order valence-corrected chi connectivity index (χ0v) is 6.31. The van der Waals surface area contributed by atoms with E-state index < -0.39 is 17.9 Å².